The number of carbonyl (C=O) groups is 1. The van der Waals surface area contributed by atoms with Crippen LogP contribution in [0, 0.1) is 6.92 Å². The molecule has 1 aromatic rings. The summed E-state index contributed by atoms with van der Waals surface area (Å²) in [4.78, 5) is 11.8. The fourth-order valence-electron chi connectivity index (χ4n) is 1.53. The van der Waals surface area contributed by atoms with E-state index in [4.69, 9.17) is 20.2 Å². The molecule has 0 spiro atoms. The average molecular weight is 335 g/mol. The standard InChI is InChI=1S/C14H19ClO5S/c1-10-5-6-11(21(15,17)18)9-12(10)13(16)19-7-8-20-14(2,3)4/h5-6,9H,7-8H2,1-4H3. The number of ether oxygens (including phenoxy) is 2. The van der Waals surface area contributed by atoms with E-state index < -0.39 is 15.0 Å². The van der Waals surface area contributed by atoms with Gasteiger partial charge in [-0.3, -0.25) is 0 Å². The van der Waals surface area contributed by atoms with Gasteiger partial charge in [0.1, 0.15) is 6.61 Å². The molecule has 0 aliphatic carbocycles. The van der Waals surface area contributed by atoms with Gasteiger partial charge in [0.05, 0.1) is 22.7 Å². The lowest BCUT2D eigenvalue weighted by atomic mass is 10.1. The van der Waals surface area contributed by atoms with E-state index in [0.29, 0.717) is 5.56 Å². The third kappa shape index (κ3) is 6.03. The Bertz CT molecular complexity index is 617. The van der Waals surface area contributed by atoms with Crippen molar-refractivity contribution in [1.82, 2.24) is 0 Å². The number of benzene rings is 1. The highest BCUT2D eigenvalue weighted by Crippen LogP contribution is 2.19. The van der Waals surface area contributed by atoms with Crippen LogP contribution in [0.5, 0.6) is 0 Å². The Morgan fingerprint density at radius 3 is 2.38 bits per heavy atom. The maximum Gasteiger partial charge on any atom is 0.338 e. The van der Waals surface area contributed by atoms with Gasteiger partial charge in [0, 0.05) is 10.7 Å². The molecule has 0 aliphatic heterocycles. The molecule has 0 amide bonds. The van der Waals surface area contributed by atoms with Crippen LogP contribution in [-0.2, 0) is 18.5 Å². The van der Waals surface area contributed by atoms with E-state index in [2.05, 4.69) is 0 Å². The second-order valence-corrected chi connectivity index (χ2v) is 8.08. The minimum absolute atomic E-state index is 0.0907. The predicted molar refractivity (Wildman–Crippen MR) is 80.2 cm³/mol. The molecule has 0 aromatic heterocycles. The molecule has 0 saturated carbocycles. The molecule has 0 radical (unpaired) electrons. The molecule has 7 heteroatoms. The lowest BCUT2D eigenvalue weighted by Crippen LogP contribution is -2.22. The summed E-state index contributed by atoms with van der Waals surface area (Å²) < 4.78 is 33.1. The number of halogens is 1. The largest absolute Gasteiger partial charge is 0.460 e. The van der Waals surface area contributed by atoms with Crippen LogP contribution in [0.25, 0.3) is 0 Å². The molecule has 0 aliphatic rings. The van der Waals surface area contributed by atoms with Crippen molar-refractivity contribution >= 4 is 25.7 Å². The van der Waals surface area contributed by atoms with E-state index in [0.717, 1.165) is 0 Å². The first-order valence-corrected chi connectivity index (χ1v) is 8.68. The molecular weight excluding hydrogens is 316 g/mol. The van der Waals surface area contributed by atoms with Gasteiger partial charge in [0.2, 0.25) is 0 Å². The zero-order chi connectivity index (χ0) is 16.3. The van der Waals surface area contributed by atoms with Gasteiger partial charge in [-0.2, -0.15) is 0 Å². The molecular formula is C14H19ClO5S. The first-order valence-electron chi connectivity index (χ1n) is 6.37. The summed E-state index contributed by atoms with van der Waals surface area (Å²) in [6, 6.07) is 4.07. The summed E-state index contributed by atoms with van der Waals surface area (Å²) in [5.74, 6) is -0.604. The number of hydrogen-bond acceptors (Lipinski definition) is 5. The molecule has 0 saturated heterocycles. The Balaban J connectivity index is 2.74. The average Bonchev–Trinajstić information content (AvgIpc) is 2.32. The Hall–Kier alpha value is -1.11. The van der Waals surface area contributed by atoms with Gasteiger partial charge < -0.3 is 9.47 Å². The fraction of sp³-hybridized carbons (Fsp3) is 0.500. The van der Waals surface area contributed by atoms with Crippen LogP contribution in [-0.4, -0.2) is 33.2 Å². The number of hydrogen-bond donors (Lipinski definition) is 0. The topological polar surface area (TPSA) is 69.7 Å². The van der Waals surface area contributed by atoms with Gasteiger partial charge >= 0.3 is 5.97 Å². The third-order valence-corrected chi connectivity index (χ3v) is 3.91. The van der Waals surface area contributed by atoms with E-state index in [1.807, 2.05) is 20.8 Å². The number of carbonyl (C=O) groups excluding carboxylic acids is 1. The van der Waals surface area contributed by atoms with Crippen molar-refractivity contribution in [3.63, 3.8) is 0 Å². The van der Waals surface area contributed by atoms with Gasteiger partial charge in [-0.05, 0) is 45.4 Å². The van der Waals surface area contributed by atoms with Crippen LogP contribution in [0.3, 0.4) is 0 Å². The lowest BCUT2D eigenvalue weighted by Gasteiger charge is -2.19. The highest BCUT2D eigenvalue weighted by Gasteiger charge is 2.17. The second kappa shape index (κ2) is 6.77. The molecule has 118 valence electrons. The Kier molecular flexibility index (Phi) is 5.78. The maximum atomic E-state index is 12.0. The summed E-state index contributed by atoms with van der Waals surface area (Å²) >= 11 is 0. The van der Waals surface area contributed by atoms with Crippen molar-refractivity contribution in [3.8, 4) is 0 Å². The van der Waals surface area contributed by atoms with Crippen molar-refractivity contribution in [3.05, 3.63) is 29.3 Å². The second-order valence-electron chi connectivity index (χ2n) is 5.51. The van der Waals surface area contributed by atoms with Gasteiger partial charge in [0.25, 0.3) is 9.05 Å². The summed E-state index contributed by atoms with van der Waals surface area (Å²) in [5.41, 5.74) is 0.475. The molecule has 0 bridgehead atoms. The van der Waals surface area contributed by atoms with Crippen LogP contribution in [0.2, 0.25) is 0 Å². The normalized spacial score (nSPS) is 12.2. The summed E-state index contributed by atoms with van der Waals surface area (Å²) in [6.45, 7) is 7.73. The zero-order valence-electron chi connectivity index (χ0n) is 12.5. The van der Waals surface area contributed by atoms with E-state index in [9.17, 15) is 13.2 Å². The van der Waals surface area contributed by atoms with E-state index in [1.165, 1.54) is 18.2 Å². The highest BCUT2D eigenvalue weighted by atomic mass is 35.7. The SMILES string of the molecule is Cc1ccc(S(=O)(=O)Cl)cc1C(=O)OCCOC(C)(C)C. The van der Waals surface area contributed by atoms with Crippen molar-refractivity contribution in [2.24, 2.45) is 0 Å². The van der Waals surface area contributed by atoms with Crippen LogP contribution < -0.4 is 0 Å². The molecule has 0 N–H and O–H groups in total. The van der Waals surface area contributed by atoms with Crippen molar-refractivity contribution in [2.45, 2.75) is 38.2 Å². The smallest absolute Gasteiger partial charge is 0.338 e. The quantitative estimate of drug-likeness (QED) is 0.470. The van der Waals surface area contributed by atoms with Gasteiger partial charge in [-0.15, -0.1) is 0 Å². The Morgan fingerprint density at radius 2 is 1.86 bits per heavy atom. The number of aryl methyl sites for hydroxylation is 1. The van der Waals surface area contributed by atoms with Gasteiger partial charge in [0.15, 0.2) is 0 Å². The summed E-state index contributed by atoms with van der Waals surface area (Å²) in [5, 5.41) is 0. The summed E-state index contributed by atoms with van der Waals surface area (Å²) in [7, 11) is 1.38. The van der Waals surface area contributed by atoms with E-state index in [-0.39, 0.29) is 29.3 Å². The van der Waals surface area contributed by atoms with E-state index in [1.54, 1.807) is 6.92 Å². The van der Waals surface area contributed by atoms with E-state index >= 15 is 0 Å². The first-order chi connectivity index (χ1) is 9.50. The fourth-order valence-corrected chi connectivity index (χ4v) is 2.31. The molecule has 5 nitrogen and oxygen atoms in total. The van der Waals surface area contributed by atoms with Crippen molar-refractivity contribution in [2.75, 3.05) is 13.2 Å². The van der Waals surface area contributed by atoms with Crippen LogP contribution in [0.1, 0.15) is 36.7 Å². The zero-order valence-corrected chi connectivity index (χ0v) is 14.0. The van der Waals surface area contributed by atoms with Gasteiger partial charge in [-0.1, -0.05) is 6.07 Å². The van der Waals surface area contributed by atoms with Crippen LogP contribution in [0.4, 0.5) is 0 Å². The third-order valence-electron chi connectivity index (χ3n) is 2.56. The maximum absolute atomic E-state index is 12.0. The first kappa shape index (κ1) is 17.9. The lowest BCUT2D eigenvalue weighted by molar-refractivity contribution is -0.0281. The Morgan fingerprint density at radius 1 is 1.24 bits per heavy atom. The summed E-state index contributed by atoms with van der Waals surface area (Å²) in [6.07, 6.45) is 0. The van der Waals surface area contributed by atoms with Crippen LogP contribution in [0.15, 0.2) is 23.1 Å². The number of esters is 1. The molecule has 1 aromatic carbocycles. The van der Waals surface area contributed by atoms with Crippen LogP contribution >= 0.6 is 10.7 Å². The van der Waals surface area contributed by atoms with Gasteiger partial charge in [-0.25, -0.2) is 13.2 Å². The molecule has 0 atom stereocenters. The molecule has 1 rings (SSSR count). The van der Waals surface area contributed by atoms with Crippen molar-refractivity contribution in [1.29, 1.82) is 0 Å². The molecule has 0 unspecified atom stereocenters. The highest BCUT2D eigenvalue weighted by molar-refractivity contribution is 8.13. The Labute approximate surface area is 129 Å². The minimum Gasteiger partial charge on any atom is -0.460 e. The van der Waals surface area contributed by atoms with Crippen molar-refractivity contribution < 1.29 is 22.7 Å². The monoisotopic (exact) mass is 334 g/mol. The predicted octanol–water partition coefficient (Wildman–Crippen LogP) is 2.89. The molecule has 21 heavy (non-hydrogen) atoms. The minimum atomic E-state index is -3.88. The molecule has 0 heterocycles. The number of rotatable bonds is 5. The molecule has 0 fully saturated rings.